The molecule has 2 aromatic carbocycles. The van der Waals surface area contributed by atoms with Crippen LogP contribution in [0.2, 0.25) is 0 Å². The minimum absolute atomic E-state index is 0.131. The minimum Gasteiger partial charge on any atom is -0.507 e. The predicted molar refractivity (Wildman–Crippen MR) is 126 cm³/mol. The van der Waals surface area contributed by atoms with Gasteiger partial charge >= 0.3 is 0 Å². The highest BCUT2D eigenvalue weighted by Crippen LogP contribution is 2.30. The second-order valence-electron chi connectivity index (χ2n) is 7.13. The van der Waals surface area contributed by atoms with Crippen molar-refractivity contribution in [3.8, 4) is 5.75 Å². The van der Waals surface area contributed by atoms with E-state index in [1.807, 2.05) is 26.8 Å². The van der Waals surface area contributed by atoms with E-state index in [0.717, 1.165) is 12.0 Å². The molecule has 0 saturated heterocycles. The van der Waals surface area contributed by atoms with Crippen molar-refractivity contribution < 1.29 is 9.90 Å². The number of aromatic hydroxyl groups is 1. The Morgan fingerprint density at radius 1 is 1.07 bits per heavy atom. The van der Waals surface area contributed by atoms with E-state index < -0.39 is 0 Å². The fourth-order valence-electron chi connectivity index (χ4n) is 3.34. The van der Waals surface area contributed by atoms with E-state index in [1.165, 1.54) is 35.1 Å². The third-order valence-electron chi connectivity index (χ3n) is 5.24. The van der Waals surface area contributed by atoms with E-state index in [1.54, 1.807) is 12.1 Å². The first kappa shape index (κ1) is 24.4. The van der Waals surface area contributed by atoms with Gasteiger partial charge < -0.3 is 5.11 Å². The van der Waals surface area contributed by atoms with Crippen LogP contribution in [0.1, 0.15) is 86.8 Å². The Labute approximate surface area is 177 Å². The van der Waals surface area contributed by atoms with Crippen molar-refractivity contribution in [1.29, 1.82) is 0 Å². The lowest BCUT2D eigenvalue weighted by atomic mass is 9.90. The van der Waals surface area contributed by atoms with Gasteiger partial charge in [-0.3, -0.25) is 4.79 Å². The van der Waals surface area contributed by atoms with Gasteiger partial charge in [0.25, 0.3) is 0 Å². The van der Waals surface area contributed by atoms with E-state index in [9.17, 15) is 9.90 Å². The van der Waals surface area contributed by atoms with Crippen LogP contribution in [0.5, 0.6) is 5.75 Å². The molecule has 29 heavy (non-hydrogen) atoms. The molecule has 0 aromatic heterocycles. The first-order valence-corrected chi connectivity index (χ1v) is 10.7. The van der Waals surface area contributed by atoms with E-state index in [2.05, 4.69) is 57.2 Å². The molecule has 0 saturated carbocycles. The molecular formula is C27H36O2. The van der Waals surface area contributed by atoms with Gasteiger partial charge in [-0.05, 0) is 72.9 Å². The van der Waals surface area contributed by atoms with Crippen LogP contribution in [0.4, 0.5) is 0 Å². The SMILES string of the molecule is CC.CC1=C(c2ccccc2C)CCC=C1.CCC(C)c1cccc(C=O)c1O. The van der Waals surface area contributed by atoms with Crippen LogP contribution in [-0.4, -0.2) is 11.4 Å². The molecule has 1 unspecified atom stereocenters. The molecule has 156 valence electrons. The number of para-hydroxylation sites is 1. The molecule has 2 heteroatoms. The monoisotopic (exact) mass is 392 g/mol. The summed E-state index contributed by atoms with van der Waals surface area (Å²) in [7, 11) is 0. The number of benzene rings is 2. The first-order valence-electron chi connectivity index (χ1n) is 10.7. The number of phenols is 1. The van der Waals surface area contributed by atoms with Crippen molar-refractivity contribution in [2.75, 3.05) is 0 Å². The van der Waals surface area contributed by atoms with Crippen molar-refractivity contribution >= 4 is 11.9 Å². The van der Waals surface area contributed by atoms with Gasteiger partial charge in [-0.25, -0.2) is 0 Å². The number of hydrogen-bond acceptors (Lipinski definition) is 2. The number of hydrogen-bond donors (Lipinski definition) is 1. The normalized spacial score (nSPS) is 13.6. The fraction of sp³-hybridized carbons (Fsp3) is 0.370. The number of phenolic OH excluding ortho intramolecular Hbond substituents is 1. The molecule has 2 aromatic rings. The molecular weight excluding hydrogens is 356 g/mol. The van der Waals surface area contributed by atoms with Crippen LogP contribution in [0.25, 0.3) is 5.57 Å². The minimum atomic E-state index is 0.131. The molecule has 0 fully saturated rings. The third kappa shape index (κ3) is 6.74. The molecule has 0 heterocycles. The van der Waals surface area contributed by atoms with Crippen molar-refractivity contribution in [3.63, 3.8) is 0 Å². The largest absolute Gasteiger partial charge is 0.507 e. The Morgan fingerprint density at radius 3 is 2.34 bits per heavy atom. The topological polar surface area (TPSA) is 37.3 Å². The molecule has 0 spiro atoms. The Kier molecular flexibility index (Phi) is 10.8. The van der Waals surface area contributed by atoms with Gasteiger partial charge in [0.15, 0.2) is 6.29 Å². The number of aldehydes is 1. The summed E-state index contributed by atoms with van der Waals surface area (Å²) < 4.78 is 0. The van der Waals surface area contributed by atoms with Crippen molar-refractivity contribution in [2.24, 2.45) is 0 Å². The molecule has 0 aliphatic heterocycles. The molecule has 0 amide bonds. The van der Waals surface area contributed by atoms with Gasteiger partial charge in [-0.1, -0.05) is 76.2 Å². The molecule has 0 bridgehead atoms. The zero-order valence-corrected chi connectivity index (χ0v) is 18.8. The smallest absolute Gasteiger partial charge is 0.153 e. The second kappa shape index (κ2) is 12.8. The van der Waals surface area contributed by atoms with Crippen LogP contribution in [0.3, 0.4) is 0 Å². The number of carbonyl (C=O) groups excluding carboxylic acids is 1. The maximum absolute atomic E-state index is 10.5. The zero-order chi connectivity index (χ0) is 21.8. The highest BCUT2D eigenvalue weighted by Gasteiger charge is 2.11. The lowest BCUT2D eigenvalue weighted by Crippen LogP contribution is -1.94. The zero-order valence-electron chi connectivity index (χ0n) is 18.8. The van der Waals surface area contributed by atoms with Crippen LogP contribution in [0, 0.1) is 6.92 Å². The van der Waals surface area contributed by atoms with Gasteiger partial charge in [0.1, 0.15) is 5.75 Å². The average molecular weight is 393 g/mol. The third-order valence-corrected chi connectivity index (χ3v) is 5.24. The molecule has 3 rings (SSSR count). The van der Waals surface area contributed by atoms with Crippen LogP contribution >= 0.6 is 0 Å². The number of rotatable bonds is 4. The Balaban J connectivity index is 0.000000268. The Hall–Kier alpha value is -2.61. The van der Waals surface area contributed by atoms with Gasteiger partial charge in [-0.15, -0.1) is 0 Å². The lowest BCUT2D eigenvalue weighted by Gasteiger charge is -2.15. The van der Waals surface area contributed by atoms with Crippen molar-refractivity contribution in [2.45, 2.75) is 66.7 Å². The van der Waals surface area contributed by atoms with E-state index in [0.29, 0.717) is 17.8 Å². The maximum Gasteiger partial charge on any atom is 0.153 e. The van der Waals surface area contributed by atoms with Gasteiger partial charge in [0, 0.05) is 0 Å². The maximum atomic E-state index is 10.5. The lowest BCUT2D eigenvalue weighted by molar-refractivity contribution is 0.112. The Morgan fingerprint density at radius 2 is 1.76 bits per heavy atom. The molecule has 1 N–H and O–H groups in total. The summed E-state index contributed by atoms with van der Waals surface area (Å²) in [5.74, 6) is 0.423. The quantitative estimate of drug-likeness (QED) is 0.538. The average Bonchev–Trinajstić information content (AvgIpc) is 2.76. The molecule has 1 aliphatic carbocycles. The summed E-state index contributed by atoms with van der Waals surface area (Å²) in [5, 5.41) is 9.66. The van der Waals surface area contributed by atoms with E-state index in [-0.39, 0.29) is 5.75 Å². The number of aryl methyl sites for hydroxylation is 1. The summed E-state index contributed by atoms with van der Waals surface area (Å²) in [5.41, 5.74) is 6.98. The number of allylic oxidation sites excluding steroid dienone is 4. The summed E-state index contributed by atoms with van der Waals surface area (Å²) in [6.45, 7) is 12.5. The second-order valence-corrected chi connectivity index (χ2v) is 7.13. The highest BCUT2D eigenvalue weighted by molar-refractivity contribution is 5.80. The molecule has 2 nitrogen and oxygen atoms in total. The fourth-order valence-corrected chi connectivity index (χ4v) is 3.34. The van der Waals surface area contributed by atoms with Crippen LogP contribution in [-0.2, 0) is 0 Å². The molecule has 1 aliphatic rings. The number of carbonyl (C=O) groups is 1. The summed E-state index contributed by atoms with van der Waals surface area (Å²) in [6.07, 6.45) is 8.51. The summed E-state index contributed by atoms with van der Waals surface area (Å²) in [6, 6.07) is 13.9. The molecule has 0 radical (unpaired) electrons. The Bertz CT molecular complexity index is 843. The summed E-state index contributed by atoms with van der Waals surface area (Å²) >= 11 is 0. The molecule has 1 atom stereocenters. The van der Waals surface area contributed by atoms with E-state index in [4.69, 9.17) is 0 Å². The van der Waals surface area contributed by atoms with Gasteiger partial charge in [0.2, 0.25) is 0 Å². The van der Waals surface area contributed by atoms with Crippen molar-refractivity contribution in [3.05, 3.63) is 82.4 Å². The standard InChI is InChI=1S/C14H16.C11H14O2.C2H6/c1-11-7-3-5-9-13(11)14-10-6-4-8-12(14)2;1-3-8(2)10-6-4-5-9(7-12)11(10)13;1-2/h3-5,7-9H,6,10H2,1-2H3;4-8,13H,3H2,1-2H3;1-2H3. The van der Waals surface area contributed by atoms with Crippen LogP contribution in [0.15, 0.2) is 60.2 Å². The summed E-state index contributed by atoms with van der Waals surface area (Å²) in [4.78, 5) is 10.5. The van der Waals surface area contributed by atoms with Crippen molar-refractivity contribution in [1.82, 2.24) is 0 Å². The van der Waals surface area contributed by atoms with Gasteiger partial charge in [0.05, 0.1) is 5.56 Å². The van der Waals surface area contributed by atoms with Gasteiger partial charge in [-0.2, -0.15) is 0 Å². The predicted octanol–water partition coefficient (Wildman–Crippen LogP) is 7.86. The highest BCUT2D eigenvalue weighted by atomic mass is 16.3. The van der Waals surface area contributed by atoms with Crippen LogP contribution < -0.4 is 0 Å². The van der Waals surface area contributed by atoms with E-state index >= 15 is 0 Å². The first-order chi connectivity index (χ1) is 14.0.